The first kappa shape index (κ1) is 15.1. The molecule has 0 aliphatic rings. The predicted molar refractivity (Wildman–Crippen MR) is 76.0 cm³/mol. The van der Waals surface area contributed by atoms with Crippen LogP contribution in [-0.2, 0) is 6.54 Å². The molecule has 23 heavy (non-hydrogen) atoms. The van der Waals surface area contributed by atoms with Gasteiger partial charge in [-0.1, -0.05) is 18.2 Å². The number of aromatic nitrogens is 4. The van der Waals surface area contributed by atoms with E-state index in [-0.39, 0.29) is 12.3 Å². The van der Waals surface area contributed by atoms with Crippen LogP contribution in [-0.4, -0.2) is 25.9 Å². The molecular formula is C14H12F3N5O. The molecule has 3 rings (SSSR count). The Hall–Kier alpha value is -2.84. The van der Waals surface area contributed by atoms with Gasteiger partial charge in [-0.3, -0.25) is 4.40 Å². The van der Waals surface area contributed by atoms with Crippen molar-refractivity contribution in [2.75, 3.05) is 5.32 Å². The predicted octanol–water partition coefficient (Wildman–Crippen LogP) is 2.94. The van der Waals surface area contributed by atoms with Gasteiger partial charge in [0.2, 0.25) is 5.65 Å². The minimum absolute atomic E-state index is 0.102. The SMILES string of the molecule is Cc1nnc2c(NCc3ccccc3OC(F)(F)F)nccn12. The first-order chi connectivity index (χ1) is 10.9. The Morgan fingerprint density at radius 1 is 1.22 bits per heavy atom. The number of hydrogen-bond donors (Lipinski definition) is 1. The number of anilines is 1. The molecule has 0 fully saturated rings. The fourth-order valence-electron chi connectivity index (χ4n) is 2.12. The van der Waals surface area contributed by atoms with Crippen LogP contribution in [0.25, 0.3) is 5.65 Å². The van der Waals surface area contributed by atoms with E-state index in [1.807, 2.05) is 0 Å². The van der Waals surface area contributed by atoms with Crippen LogP contribution < -0.4 is 10.1 Å². The number of ether oxygens (including phenoxy) is 1. The fourth-order valence-corrected chi connectivity index (χ4v) is 2.12. The first-order valence-corrected chi connectivity index (χ1v) is 6.68. The molecule has 0 saturated carbocycles. The van der Waals surface area contributed by atoms with Crippen molar-refractivity contribution in [3.05, 3.63) is 48.0 Å². The van der Waals surface area contributed by atoms with Gasteiger partial charge < -0.3 is 10.1 Å². The van der Waals surface area contributed by atoms with Crippen molar-refractivity contribution >= 4 is 11.5 Å². The van der Waals surface area contributed by atoms with Crippen molar-refractivity contribution in [3.63, 3.8) is 0 Å². The number of fused-ring (bicyclic) bond motifs is 1. The third-order valence-electron chi connectivity index (χ3n) is 3.14. The van der Waals surface area contributed by atoms with E-state index in [2.05, 4.69) is 25.2 Å². The zero-order valence-corrected chi connectivity index (χ0v) is 12.0. The summed E-state index contributed by atoms with van der Waals surface area (Å²) in [5.74, 6) is 0.860. The number of nitrogens with one attached hydrogen (secondary N) is 1. The summed E-state index contributed by atoms with van der Waals surface area (Å²) in [7, 11) is 0. The van der Waals surface area contributed by atoms with E-state index >= 15 is 0 Å². The molecule has 2 heterocycles. The number of para-hydroxylation sites is 1. The zero-order valence-electron chi connectivity index (χ0n) is 12.0. The summed E-state index contributed by atoms with van der Waals surface area (Å²) in [6.45, 7) is 1.89. The molecule has 0 aliphatic heterocycles. The van der Waals surface area contributed by atoms with Crippen LogP contribution in [0.15, 0.2) is 36.7 Å². The lowest BCUT2D eigenvalue weighted by atomic mass is 10.2. The minimum atomic E-state index is -4.74. The topological polar surface area (TPSA) is 64.3 Å². The average molecular weight is 323 g/mol. The average Bonchev–Trinajstić information content (AvgIpc) is 2.87. The van der Waals surface area contributed by atoms with Gasteiger partial charge in [-0.25, -0.2) is 4.98 Å². The van der Waals surface area contributed by atoms with E-state index in [9.17, 15) is 13.2 Å². The van der Waals surface area contributed by atoms with Gasteiger partial charge in [0, 0.05) is 24.5 Å². The largest absolute Gasteiger partial charge is 0.573 e. The van der Waals surface area contributed by atoms with Crippen LogP contribution in [0.3, 0.4) is 0 Å². The van der Waals surface area contributed by atoms with Gasteiger partial charge in [0.15, 0.2) is 5.82 Å². The molecule has 3 aromatic rings. The highest BCUT2D eigenvalue weighted by molar-refractivity contribution is 5.62. The lowest BCUT2D eigenvalue weighted by Crippen LogP contribution is -2.18. The number of hydrogen-bond acceptors (Lipinski definition) is 5. The maximum Gasteiger partial charge on any atom is 0.573 e. The molecule has 6 nitrogen and oxygen atoms in total. The highest BCUT2D eigenvalue weighted by atomic mass is 19.4. The number of rotatable bonds is 4. The van der Waals surface area contributed by atoms with Gasteiger partial charge >= 0.3 is 6.36 Å². The Kier molecular flexibility index (Phi) is 3.77. The van der Waals surface area contributed by atoms with Gasteiger partial charge in [0.1, 0.15) is 11.6 Å². The van der Waals surface area contributed by atoms with Crippen molar-refractivity contribution in [1.82, 2.24) is 19.6 Å². The van der Waals surface area contributed by atoms with Gasteiger partial charge in [-0.2, -0.15) is 0 Å². The fraction of sp³-hybridized carbons (Fsp3) is 0.214. The van der Waals surface area contributed by atoms with Crippen molar-refractivity contribution in [1.29, 1.82) is 0 Å². The number of nitrogens with zero attached hydrogens (tertiary/aromatic N) is 4. The van der Waals surface area contributed by atoms with Gasteiger partial charge in [0.25, 0.3) is 0 Å². The summed E-state index contributed by atoms with van der Waals surface area (Å²) in [6.07, 6.45) is -1.47. The van der Waals surface area contributed by atoms with E-state index in [0.29, 0.717) is 22.9 Å². The van der Waals surface area contributed by atoms with E-state index in [1.54, 1.807) is 35.9 Å². The Labute approximate surface area is 128 Å². The molecule has 0 saturated heterocycles. The van der Waals surface area contributed by atoms with Crippen LogP contribution in [0.2, 0.25) is 0 Å². The third kappa shape index (κ3) is 3.33. The Morgan fingerprint density at radius 2 is 2.00 bits per heavy atom. The summed E-state index contributed by atoms with van der Waals surface area (Å²) in [5.41, 5.74) is 0.851. The van der Waals surface area contributed by atoms with Crippen LogP contribution >= 0.6 is 0 Å². The highest BCUT2D eigenvalue weighted by Crippen LogP contribution is 2.27. The van der Waals surface area contributed by atoms with Crippen molar-refractivity contribution in [3.8, 4) is 5.75 Å². The van der Waals surface area contributed by atoms with E-state index in [1.165, 1.54) is 12.1 Å². The lowest BCUT2D eigenvalue weighted by Gasteiger charge is -2.13. The molecule has 9 heteroatoms. The molecule has 120 valence electrons. The maximum atomic E-state index is 12.4. The maximum absolute atomic E-state index is 12.4. The summed E-state index contributed by atoms with van der Waals surface area (Å²) in [6, 6.07) is 5.92. The van der Waals surface area contributed by atoms with Gasteiger partial charge in [0.05, 0.1) is 0 Å². The van der Waals surface area contributed by atoms with E-state index < -0.39 is 6.36 Å². The standard InChI is InChI=1S/C14H12F3N5O/c1-9-20-21-13-12(18-6-7-22(9)13)19-8-10-4-2-3-5-11(10)23-14(15,16)17/h2-7H,8H2,1H3,(H,18,19). The lowest BCUT2D eigenvalue weighted by molar-refractivity contribution is -0.274. The summed E-state index contributed by atoms with van der Waals surface area (Å²) < 4.78 is 43.0. The Bertz CT molecular complexity index is 831. The summed E-state index contributed by atoms with van der Waals surface area (Å²) in [5, 5.41) is 10.9. The molecular weight excluding hydrogens is 311 g/mol. The molecule has 0 amide bonds. The van der Waals surface area contributed by atoms with Gasteiger partial charge in [-0.05, 0) is 13.0 Å². The van der Waals surface area contributed by atoms with E-state index in [0.717, 1.165) is 0 Å². The number of benzene rings is 1. The molecule has 0 bridgehead atoms. The Morgan fingerprint density at radius 3 is 2.78 bits per heavy atom. The Balaban J connectivity index is 1.83. The van der Waals surface area contributed by atoms with Crippen molar-refractivity contribution in [2.45, 2.75) is 19.8 Å². The molecule has 1 N–H and O–H groups in total. The van der Waals surface area contributed by atoms with Crippen LogP contribution in [0.1, 0.15) is 11.4 Å². The van der Waals surface area contributed by atoms with Gasteiger partial charge in [-0.15, -0.1) is 23.4 Å². The minimum Gasteiger partial charge on any atom is -0.405 e. The molecule has 0 spiro atoms. The number of aryl methyl sites for hydroxylation is 1. The second kappa shape index (κ2) is 5.75. The second-order valence-electron chi connectivity index (χ2n) is 4.73. The number of halogens is 3. The van der Waals surface area contributed by atoms with Crippen LogP contribution in [0.4, 0.5) is 19.0 Å². The summed E-state index contributed by atoms with van der Waals surface area (Å²) in [4.78, 5) is 4.14. The first-order valence-electron chi connectivity index (χ1n) is 6.68. The second-order valence-corrected chi connectivity index (χ2v) is 4.73. The van der Waals surface area contributed by atoms with Crippen molar-refractivity contribution in [2.24, 2.45) is 0 Å². The van der Waals surface area contributed by atoms with Crippen LogP contribution in [0, 0.1) is 6.92 Å². The monoisotopic (exact) mass is 323 g/mol. The molecule has 0 aliphatic carbocycles. The molecule has 0 atom stereocenters. The quantitative estimate of drug-likeness (QED) is 0.800. The smallest absolute Gasteiger partial charge is 0.405 e. The van der Waals surface area contributed by atoms with E-state index in [4.69, 9.17) is 0 Å². The normalized spacial score (nSPS) is 11.7. The number of alkyl halides is 3. The molecule has 2 aromatic heterocycles. The molecule has 0 radical (unpaired) electrons. The zero-order chi connectivity index (χ0) is 16.4. The third-order valence-corrected chi connectivity index (χ3v) is 3.14. The molecule has 1 aromatic carbocycles. The molecule has 0 unspecified atom stereocenters. The highest BCUT2D eigenvalue weighted by Gasteiger charge is 2.31. The van der Waals surface area contributed by atoms with Crippen molar-refractivity contribution < 1.29 is 17.9 Å². The summed E-state index contributed by atoms with van der Waals surface area (Å²) >= 11 is 0. The van der Waals surface area contributed by atoms with Crippen LogP contribution in [0.5, 0.6) is 5.75 Å².